The fourth-order valence-electron chi connectivity index (χ4n) is 2.19. The number of benzene rings is 2. The first-order valence-corrected chi connectivity index (χ1v) is 8.34. The van der Waals surface area contributed by atoms with E-state index >= 15 is 0 Å². The molecule has 0 saturated heterocycles. The summed E-state index contributed by atoms with van der Waals surface area (Å²) in [5.41, 5.74) is 3.44. The van der Waals surface area contributed by atoms with Crippen molar-refractivity contribution < 1.29 is 4.74 Å². The molecule has 0 unspecified atom stereocenters. The molecule has 1 atom stereocenters. The molecule has 0 heterocycles. The van der Waals surface area contributed by atoms with Crippen molar-refractivity contribution in [3.8, 4) is 5.75 Å². The minimum absolute atomic E-state index is 0.115. The predicted molar refractivity (Wildman–Crippen MR) is 101 cm³/mol. The molecule has 0 spiro atoms. The van der Waals surface area contributed by atoms with Crippen LogP contribution in [0.5, 0.6) is 5.75 Å². The second kappa shape index (κ2) is 8.53. The molecule has 2 aromatic carbocycles. The third-order valence-corrected chi connectivity index (χ3v) is 3.80. The van der Waals surface area contributed by atoms with Crippen LogP contribution in [0, 0.1) is 6.92 Å². The van der Waals surface area contributed by atoms with Crippen LogP contribution < -0.4 is 15.4 Å². The Hall–Kier alpha value is -2.07. The summed E-state index contributed by atoms with van der Waals surface area (Å²) in [6.45, 7) is 6.79. The molecule has 23 heavy (non-hydrogen) atoms. The molecule has 0 fully saturated rings. The van der Waals surface area contributed by atoms with Gasteiger partial charge in [0.25, 0.3) is 0 Å². The molecule has 0 bridgehead atoms. The molecule has 0 saturated carbocycles. The number of anilines is 1. The largest absolute Gasteiger partial charge is 0.491 e. The Bertz CT molecular complexity index is 640. The molecule has 2 rings (SSSR count). The van der Waals surface area contributed by atoms with Crippen LogP contribution in [-0.2, 0) is 6.42 Å². The van der Waals surface area contributed by atoms with Crippen LogP contribution in [0.2, 0.25) is 0 Å². The highest BCUT2D eigenvalue weighted by Gasteiger charge is 2.06. The second-order valence-electron chi connectivity index (χ2n) is 5.63. The third-order valence-electron chi connectivity index (χ3n) is 3.58. The topological polar surface area (TPSA) is 33.3 Å². The number of aryl methyl sites for hydroxylation is 2. The van der Waals surface area contributed by atoms with E-state index in [-0.39, 0.29) is 6.04 Å². The lowest BCUT2D eigenvalue weighted by molar-refractivity contribution is 0.285. The number of ether oxygens (including phenoxy) is 1. The van der Waals surface area contributed by atoms with Gasteiger partial charge in [0.05, 0.1) is 6.04 Å². The van der Waals surface area contributed by atoms with Crippen molar-refractivity contribution in [1.29, 1.82) is 0 Å². The molecule has 2 aromatic rings. The van der Waals surface area contributed by atoms with Gasteiger partial charge in [0, 0.05) is 5.69 Å². The van der Waals surface area contributed by atoms with Crippen LogP contribution in [0.15, 0.2) is 48.5 Å². The average molecular weight is 328 g/mol. The van der Waals surface area contributed by atoms with Gasteiger partial charge in [-0.25, -0.2) is 0 Å². The Balaban J connectivity index is 1.79. The van der Waals surface area contributed by atoms with E-state index < -0.39 is 0 Å². The Labute approximate surface area is 144 Å². The van der Waals surface area contributed by atoms with Crippen LogP contribution in [0.1, 0.15) is 25.0 Å². The molecule has 3 nitrogen and oxygen atoms in total. The van der Waals surface area contributed by atoms with E-state index in [9.17, 15) is 0 Å². The number of para-hydroxylation sites is 1. The molecule has 2 N–H and O–H groups in total. The molecular formula is C19H24N2OS. The molecule has 0 aliphatic rings. The first-order chi connectivity index (χ1) is 11.1. The van der Waals surface area contributed by atoms with Crippen molar-refractivity contribution in [2.45, 2.75) is 33.2 Å². The lowest BCUT2D eigenvalue weighted by Gasteiger charge is -2.18. The van der Waals surface area contributed by atoms with Gasteiger partial charge in [-0.2, -0.15) is 0 Å². The van der Waals surface area contributed by atoms with Crippen molar-refractivity contribution >= 4 is 23.0 Å². The van der Waals surface area contributed by atoms with Crippen molar-refractivity contribution in [3.63, 3.8) is 0 Å². The summed E-state index contributed by atoms with van der Waals surface area (Å²) in [6.07, 6.45) is 1.04. The predicted octanol–water partition coefficient (Wildman–Crippen LogP) is 4.31. The zero-order valence-corrected chi connectivity index (χ0v) is 14.7. The van der Waals surface area contributed by atoms with Gasteiger partial charge in [-0.05, 0) is 61.8 Å². The van der Waals surface area contributed by atoms with Gasteiger partial charge in [-0.3, -0.25) is 0 Å². The molecule has 0 amide bonds. The van der Waals surface area contributed by atoms with Crippen LogP contribution in [0.4, 0.5) is 5.69 Å². The maximum absolute atomic E-state index is 5.83. The fraction of sp³-hybridized carbons (Fsp3) is 0.316. The van der Waals surface area contributed by atoms with Crippen molar-refractivity contribution in [1.82, 2.24) is 5.32 Å². The van der Waals surface area contributed by atoms with Crippen LogP contribution in [0.25, 0.3) is 0 Å². The Morgan fingerprint density at radius 1 is 1.13 bits per heavy atom. The fourth-order valence-corrected chi connectivity index (χ4v) is 2.51. The molecule has 0 aliphatic heterocycles. The molecule has 0 aliphatic carbocycles. The Kier molecular flexibility index (Phi) is 6.41. The first kappa shape index (κ1) is 17.3. The summed E-state index contributed by atoms with van der Waals surface area (Å²) in [5.74, 6) is 0.912. The number of nitrogens with one attached hydrogen (secondary N) is 2. The molecule has 0 aromatic heterocycles. The van der Waals surface area contributed by atoms with Gasteiger partial charge in [0.1, 0.15) is 12.4 Å². The number of hydrogen-bond donors (Lipinski definition) is 2. The molecular weight excluding hydrogens is 304 g/mol. The lowest BCUT2D eigenvalue weighted by atomic mass is 10.1. The summed E-state index contributed by atoms with van der Waals surface area (Å²) < 4.78 is 5.83. The normalized spacial score (nSPS) is 11.6. The highest BCUT2D eigenvalue weighted by atomic mass is 32.1. The zero-order valence-electron chi connectivity index (χ0n) is 13.9. The minimum Gasteiger partial charge on any atom is -0.491 e. The summed E-state index contributed by atoms with van der Waals surface area (Å²) >= 11 is 5.35. The molecule has 4 heteroatoms. The maximum atomic E-state index is 5.83. The molecule has 0 radical (unpaired) electrons. The van der Waals surface area contributed by atoms with E-state index in [4.69, 9.17) is 17.0 Å². The summed E-state index contributed by atoms with van der Waals surface area (Å²) in [5, 5.41) is 7.05. The third kappa shape index (κ3) is 5.57. The number of hydrogen-bond acceptors (Lipinski definition) is 2. The quantitative estimate of drug-likeness (QED) is 0.774. The van der Waals surface area contributed by atoms with Gasteiger partial charge in [0.15, 0.2) is 5.11 Å². The Morgan fingerprint density at radius 3 is 2.48 bits per heavy atom. The first-order valence-electron chi connectivity index (χ1n) is 7.93. The van der Waals surface area contributed by atoms with E-state index in [1.54, 1.807) is 0 Å². The van der Waals surface area contributed by atoms with E-state index in [0.717, 1.165) is 23.4 Å². The van der Waals surface area contributed by atoms with Crippen molar-refractivity contribution in [3.05, 3.63) is 59.7 Å². The van der Waals surface area contributed by atoms with Crippen LogP contribution >= 0.6 is 12.2 Å². The van der Waals surface area contributed by atoms with Gasteiger partial charge < -0.3 is 15.4 Å². The van der Waals surface area contributed by atoms with Crippen molar-refractivity contribution in [2.24, 2.45) is 0 Å². The van der Waals surface area contributed by atoms with E-state index in [1.807, 2.05) is 50.2 Å². The summed E-state index contributed by atoms with van der Waals surface area (Å²) in [6, 6.07) is 16.4. The van der Waals surface area contributed by atoms with Gasteiger partial charge in [-0.15, -0.1) is 0 Å². The average Bonchev–Trinajstić information content (AvgIpc) is 2.54. The van der Waals surface area contributed by atoms with Gasteiger partial charge in [-0.1, -0.05) is 37.3 Å². The maximum Gasteiger partial charge on any atom is 0.171 e. The summed E-state index contributed by atoms with van der Waals surface area (Å²) in [7, 11) is 0. The highest BCUT2D eigenvalue weighted by Crippen LogP contribution is 2.16. The summed E-state index contributed by atoms with van der Waals surface area (Å²) in [4.78, 5) is 0. The van der Waals surface area contributed by atoms with Crippen LogP contribution in [-0.4, -0.2) is 17.8 Å². The standard InChI is InChI=1S/C19H24N2OS/c1-4-16-9-11-17(12-10-16)21-19(23)20-15(3)13-22-18-8-6-5-7-14(18)2/h5-12,15H,4,13H2,1-3H3,(H2,20,21,23)/t15-/m1/s1. The van der Waals surface area contributed by atoms with E-state index in [2.05, 4.69) is 29.7 Å². The van der Waals surface area contributed by atoms with Gasteiger partial charge >= 0.3 is 0 Å². The van der Waals surface area contributed by atoms with Crippen LogP contribution in [0.3, 0.4) is 0 Å². The Morgan fingerprint density at radius 2 is 1.83 bits per heavy atom. The molecule has 122 valence electrons. The SMILES string of the molecule is CCc1ccc(NC(=S)N[C@H](C)COc2ccccc2C)cc1. The smallest absolute Gasteiger partial charge is 0.171 e. The van der Waals surface area contributed by atoms with Crippen molar-refractivity contribution in [2.75, 3.05) is 11.9 Å². The minimum atomic E-state index is 0.115. The van der Waals surface area contributed by atoms with E-state index in [0.29, 0.717) is 11.7 Å². The second-order valence-corrected chi connectivity index (χ2v) is 6.03. The monoisotopic (exact) mass is 328 g/mol. The lowest BCUT2D eigenvalue weighted by Crippen LogP contribution is -2.39. The van der Waals surface area contributed by atoms with E-state index in [1.165, 1.54) is 5.56 Å². The zero-order chi connectivity index (χ0) is 16.7. The van der Waals surface area contributed by atoms with Gasteiger partial charge in [0.2, 0.25) is 0 Å². The highest BCUT2D eigenvalue weighted by molar-refractivity contribution is 7.80. The number of thiocarbonyl (C=S) groups is 1. The number of rotatable bonds is 6.